The molecule has 6 heteroatoms. The summed E-state index contributed by atoms with van der Waals surface area (Å²) in [5.41, 5.74) is 1.51. The van der Waals surface area contributed by atoms with Gasteiger partial charge in [-0.25, -0.2) is 19.8 Å². The first-order valence-corrected chi connectivity index (χ1v) is 5.92. The lowest BCUT2D eigenvalue weighted by Gasteiger charge is -2.03. The Morgan fingerprint density at radius 3 is 2.60 bits per heavy atom. The number of rotatable bonds is 4. The molecule has 1 aromatic carbocycles. The third-order valence-corrected chi connectivity index (χ3v) is 2.44. The van der Waals surface area contributed by atoms with E-state index in [1.165, 1.54) is 6.07 Å². The van der Waals surface area contributed by atoms with E-state index in [2.05, 4.69) is 15.0 Å². The standard InChI is InChI=1S/C14H14N4O2/c1-18(2)9-17-12-7-15-13(16-8-12)10-4-3-5-11(6-10)14(19)20/h3-9H,1-2H3,(H,19,20). The van der Waals surface area contributed by atoms with Gasteiger partial charge in [-0.05, 0) is 12.1 Å². The molecule has 0 aliphatic carbocycles. The molecule has 1 heterocycles. The van der Waals surface area contributed by atoms with Crippen LogP contribution in [-0.4, -0.2) is 46.4 Å². The molecule has 2 aromatic rings. The zero-order valence-electron chi connectivity index (χ0n) is 11.2. The predicted molar refractivity (Wildman–Crippen MR) is 76.3 cm³/mol. The van der Waals surface area contributed by atoms with Gasteiger partial charge in [0.1, 0.15) is 5.69 Å². The summed E-state index contributed by atoms with van der Waals surface area (Å²) in [4.78, 5) is 25.3. The molecule has 0 radical (unpaired) electrons. The van der Waals surface area contributed by atoms with Crippen LogP contribution in [-0.2, 0) is 0 Å². The lowest BCUT2D eigenvalue weighted by molar-refractivity contribution is 0.0697. The number of carboxylic acids is 1. The maximum atomic E-state index is 10.9. The van der Waals surface area contributed by atoms with Crippen molar-refractivity contribution in [3.63, 3.8) is 0 Å². The number of carbonyl (C=O) groups is 1. The van der Waals surface area contributed by atoms with Crippen molar-refractivity contribution in [3.05, 3.63) is 42.2 Å². The minimum atomic E-state index is -0.973. The van der Waals surface area contributed by atoms with E-state index < -0.39 is 5.97 Å². The SMILES string of the molecule is CN(C)C=Nc1cnc(-c2cccc(C(=O)O)c2)nc1. The fourth-order valence-corrected chi connectivity index (χ4v) is 1.51. The summed E-state index contributed by atoms with van der Waals surface area (Å²) < 4.78 is 0. The van der Waals surface area contributed by atoms with E-state index >= 15 is 0 Å². The van der Waals surface area contributed by atoms with Crippen LogP contribution >= 0.6 is 0 Å². The van der Waals surface area contributed by atoms with Crippen molar-refractivity contribution < 1.29 is 9.90 Å². The quantitative estimate of drug-likeness (QED) is 0.679. The highest BCUT2D eigenvalue weighted by atomic mass is 16.4. The Morgan fingerprint density at radius 1 is 1.30 bits per heavy atom. The van der Waals surface area contributed by atoms with Gasteiger partial charge in [0.2, 0.25) is 0 Å². The third-order valence-electron chi connectivity index (χ3n) is 2.44. The Hall–Kier alpha value is -2.76. The van der Waals surface area contributed by atoms with Crippen LogP contribution in [0.5, 0.6) is 0 Å². The number of aromatic nitrogens is 2. The molecular formula is C14H14N4O2. The number of aromatic carboxylic acids is 1. The molecular weight excluding hydrogens is 256 g/mol. The summed E-state index contributed by atoms with van der Waals surface area (Å²) >= 11 is 0. The van der Waals surface area contributed by atoms with Gasteiger partial charge in [-0.15, -0.1) is 0 Å². The maximum Gasteiger partial charge on any atom is 0.335 e. The molecule has 0 atom stereocenters. The molecule has 0 saturated carbocycles. The van der Waals surface area contributed by atoms with Crippen LogP contribution in [0.2, 0.25) is 0 Å². The summed E-state index contributed by atoms with van der Waals surface area (Å²) in [6.07, 6.45) is 4.84. The topological polar surface area (TPSA) is 78.7 Å². The van der Waals surface area contributed by atoms with Gasteiger partial charge in [-0.2, -0.15) is 0 Å². The summed E-state index contributed by atoms with van der Waals surface area (Å²) in [6, 6.07) is 6.51. The van der Waals surface area contributed by atoms with Gasteiger partial charge in [0, 0.05) is 19.7 Å². The molecule has 102 valence electrons. The van der Waals surface area contributed by atoms with Gasteiger partial charge in [0.05, 0.1) is 24.3 Å². The second-order valence-corrected chi connectivity index (χ2v) is 4.36. The van der Waals surface area contributed by atoms with Crippen LogP contribution < -0.4 is 0 Å². The Labute approximate surface area is 116 Å². The van der Waals surface area contributed by atoms with Crippen LogP contribution in [0.15, 0.2) is 41.7 Å². The van der Waals surface area contributed by atoms with Gasteiger partial charge < -0.3 is 10.0 Å². The molecule has 0 bridgehead atoms. The van der Waals surface area contributed by atoms with Gasteiger partial charge in [0.15, 0.2) is 5.82 Å². The van der Waals surface area contributed by atoms with E-state index in [1.807, 2.05) is 19.0 Å². The first kappa shape index (κ1) is 13.7. The van der Waals surface area contributed by atoms with E-state index in [9.17, 15) is 4.79 Å². The number of hydrogen-bond donors (Lipinski definition) is 1. The predicted octanol–water partition coefficient (Wildman–Crippen LogP) is 2.06. The second kappa shape index (κ2) is 5.92. The van der Waals surface area contributed by atoms with Crippen molar-refractivity contribution in [2.45, 2.75) is 0 Å². The van der Waals surface area contributed by atoms with Gasteiger partial charge in [-0.1, -0.05) is 12.1 Å². The molecule has 0 fully saturated rings. The summed E-state index contributed by atoms with van der Waals surface area (Å²) in [5.74, 6) is -0.504. The first-order valence-electron chi connectivity index (χ1n) is 5.92. The number of nitrogens with zero attached hydrogens (tertiary/aromatic N) is 4. The van der Waals surface area contributed by atoms with E-state index in [1.54, 1.807) is 36.9 Å². The third kappa shape index (κ3) is 3.38. The van der Waals surface area contributed by atoms with E-state index in [0.717, 1.165) is 0 Å². The Kier molecular flexibility index (Phi) is 4.05. The lowest BCUT2D eigenvalue weighted by atomic mass is 10.1. The number of carboxylic acid groups (broad SMARTS) is 1. The molecule has 2 rings (SSSR count). The van der Waals surface area contributed by atoms with Crippen molar-refractivity contribution in [1.82, 2.24) is 14.9 Å². The fraction of sp³-hybridized carbons (Fsp3) is 0.143. The maximum absolute atomic E-state index is 10.9. The van der Waals surface area contributed by atoms with Gasteiger partial charge >= 0.3 is 5.97 Å². The number of hydrogen-bond acceptors (Lipinski definition) is 4. The first-order chi connectivity index (χ1) is 9.56. The molecule has 6 nitrogen and oxygen atoms in total. The van der Waals surface area contributed by atoms with E-state index in [4.69, 9.17) is 5.11 Å². The highest BCUT2D eigenvalue weighted by molar-refractivity contribution is 5.89. The van der Waals surface area contributed by atoms with E-state index in [-0.39, 0.29) is 5.56 Å². The molecule has 1 aromatic heterocycles. The van der Waals surface area contributed by atoms with Crippen molar-refractivity contribution in [2.75, 3.05) is 14.1 Å². The van der Waals surface area contributed by atoms with Crippen LogP contribution in [0, 0.1) is 0 Å². The van der Waals surface area contributed by atoms with E-state index in [0.29, 0.717) is 17.1 Å². The summed E-state index contributed by atoms with van der Waals surface area (Å²) in [6.45, 7) is 0. The van der Waals surface area contributed by atoms with Gasteiger partial charge in [-0.3, -0.25) is 0 Å². The molecule has 0 spiro atoms. The van der Waals surface area contributed by atoms with Crippen LogP contribution in [0.3, 0.4) is 0 Å². The lowest BCUT2D eigenvalue weighted by Crippen LogP contribution is -2.07. The molecule has 0 amide bonds. The largest absolute Gasteiger partial charge is 0.478 e. The summed E-state index contributed by atoms with van der Waals surface area (Å²) in [7, 11) is 3.74. The zero-order chi connectivity index (χ0) is 14.5. The average Bonchev–Trinajstić information content (AvgIpc) is 2.46. The van der Waals surface area contributed by atoms with Crippen LogP contribution in [0.4, 0.5) is 5.69 Å². The normalized spacial score (nSPS) is 10.7. The van der Waals surface area contributed by atoms with Crippen molar-refractivity contribution >= 4 is 18.0 Å². The molecule has 0 aliphatic rings. The molecule has 0 saturated heterocycles. The Bertz CT molecular complexity index is 636. The Balaban J connectivity index is 2.26. The molecule has 0 aliphatic heterocycles. The fourth-order valence-electron chi connectivity index (χ4n) is 1.51. The smallest absolute Gasteiger partial charge is 0.335 e. The Morgan fingerprint density at radius 2 is 2.00 bits per heavy atom. The highest BCUT2D eigenvalue weighted by Crippen LogP contribution is 2.18. The highest BCUT2D eigenvalue weighted by Gasteiger charge is 2.06. The second-order valence-electron chi connectivity index (χ2n) is 4.36. The minimum absolute atomic E-state index is 0.209. The average molecular weight is 270 g/mol. The number of aliphatic imine (C=N–C) groups is 1. The monoisotopic (exact) mass is 270 g/mol. The van der Waals surface area contributed by atoms with Crippen molar-refractivity contribution in [1.29, 1.82) is 0 Å². The molecule has 0 unspecified atom stereocenters. The molecule has 1 N–H and O–H groups in total. The van der Waals surface area contributed by atoms with Crippen molar-refractivity contribution in [3.8, 4) is 11.4 Å². The minimum Gasteiger partial charge on any atom is -0.478 e. The number of benzene rings is 1. The van der Waals surface area contributed by atoms with Crippen LogP contribution in [0.1, 0.15) is 10.4 Å². The zero-order valence-corrected chi connectivity index (χ0v) is 11.2. The van der Waals surface area contributed by atoms with Crippen LogP contribution in [0.25, 0.3) is 11.4 Å². The van der Waals surface area contributed by atoms with Gasteiger partial charge in [0.25, 0.3) is 0 Å². The van der Waals surface area contributed by atoms with Crippen molar-refractivity contribution in [2.24, 2.45) is 4.99 Å². The molecule has 20 heavy (non-hydrogen) atoms. The summed E-state index contributed by atoms with van der Waals surface area (Å²) in [5, 5.41) is 8.96.